The maximum Gasteiger partial charge on any atom is 0.253 e. The van der Waals surface area contributed by atoms with E-state index >= 15 is 0 Å². The van der Waals surface area contributed by atoms with Crippen LogP contribution < -0.4 is 17.2 Å². The lowest BCUT2D eigenvalue weighted by Gasteiger charge is -2.08. The smallest absolute Gasteiger partial charge is 0.253 e. The van der Waals surface area contributed by atoms with E-state index in [1.165, 1.54) is 12.1 Å². The summed E-state index contributed by atoms with van der Waals surface area (Å²) in [6.07, 6.45) is 0. The first kappa shape index (κ1) is 14.9. The van der Waals surface area contributed by atoms with Crippen LogP contribution in [0.25, 0.3) is 22.2 Å². The Balaban J connectivity index is 2.26. The first-order chi connectivity index (χ1) is 11.1. The third-order valence-electron chi connectivity index (χ3n) is 3.34. The number of nitrogens with two attached hydrogens (primary N) is 3. The van der Waals surface area contributed by atoms with E-state index in [9.17, 15) is 4.39 Å². The summed E-state index contributed by atoms with van der Waals surface area (Å²) in [5, 5.41) is 0.583. The summed E-state index contributed by atoms with van der Waals surface area (Å²) in [7, 11) is 0. The highest BCUT2D eigenvalue weighted by Crippen LogP contribution is 2.28. The molecule has 116 valence electrons. The third kappa shape index (κ3) is 3.09. The normalized spacial score (nSPS) is 10.7. The predicted octanol–water partition coefficient (Wildman–Crippen LogP) is 1.80. The van der Waals surface area contributed by atoms with Crippen LogP contribution >= 0.6 is 0 Å². The zero-order chi connectivity index (χ0) is 16.4. The van der Waals surface area contributed by atoms with Gasteiger partial charge < -0.3 is 17.2 Å². The summed E-state index contributed by atoms with van der Waals surface area (Å²) < 4.78 is 13.6. The lowest BCUT2D eigenvalue weighted by atomic mass is 10.0. The number of nitrogens with zero attached hydrogens (tertiary/aromatic N) is 3. The molecule has 2 aromatic carbocycles. The second-order valence-electron chi connectivity index (χ2n) is 4.97. The minimum atomic E-state index is -0.365. The Morgan fingerprint density at radius 2 is 1.78 bits per heavy atom. The number of aromatic nitrogens is 2. The van der Waals surface area contributed by atoms with Crippen LogP contribution in [0.15, 0.2) is 47.5 Å². The first-order valence-electron chi connectivity index (χ1n) is 6.93. The molecule has 0 spiro atoms. The number of guanidine groups is 1. The average Bonchev–Trinajstić information content (AvgIpc) is 2.54. The zero-order valence-electron chi connectivity index (χ0n) is 12.2. The molecule has 0 amide bonds. The van der Waals surface area contributed by atoms with E-state index in [2.05, 4.69) is 15.0 Å². The van der Waals surface area contributed by atoms with Crippen LogP contribution in [0, 0.1) is 5.82 Å². The molecule has 0 aliphatic rings. The van der Waals surface area contributed by atoms with Gasteiger partial charge in [-0.2, -0.15) is 4.99 Å². The third-order valence-corrected chi connectivity index (χ3v) is 3.34. The van der Waals surface area contributed by atoms with Gasteiger partial charge in [0.1, 0.15) is 5.82 Å². The summed E-state index contributed by atoms with van der Waals surface area (Å²) >= 11 is 0. The van der Waals surface area contributed by atoms with E-state index in [1.54, 1.807) is 6.07 Å². The predicted molar refractivity (Wildman–Crippen MR) is 88.3 cm³/mol. The van der Waals surface area contributed by atoms with Gasteiger partial charge in [0, 0.05) is 17.5 Å². The van der Waals surface area contributed by atoms with Crippen molar-refractivity contribution in [3.63, 3.8) is 0 Å². The largest absolute Gasteiger partial charge is 0.370 e. The molecule has 7 heteroatoms. The molecule has 0 bridgehead atoms. The van der Waals surface area contributed by atoms with Gasteiger partial charge in [-0.1, -0.05) is 24.3 Å². The molecule has 0 aliphatic heterocycles. The highest BCUT2D eigenvalue weighted by atomic mass is 19.1. The van der Waals surface area contributed by atoms with Crippen LogP contribution in [0.2, 0.25) is 0 Å². The number of fused-ring (bicyclic) bond motifs is 1. The Morgan fingerprint density at radius 1 is 1.04 bits per heavy atom. The standard InChI is InChI=1S/C16H15FN6/c17-11-5-6-13-12(7-11)14(22-16(21-13)23-15(19)20)10-3-1-9(8-18)2-4-10/h1-7H,8,18H2,(H4,19,20,21,22,23). The first-order valence-corrected chi connectivity index (χ1v) is 6.93. The van der Waals surface area contributed by atoms with Crippen molar-refractivity contribution in [2.75, 3.05) is 0 Å². The van der Waals surface area contributed by atoms with E-state index in [1.807, 2.05) is 24.3 Å². The van der Waals surface area contributed by atoms with E-state index in [-0.39, 0.29) is 17.7 Å². The quantitative estimate of drug-likeness (QED) is 0.504. The Labute approximate surface area is 131 Å². The van der Waals surface area contributed by atoms with Crippen molar-refractivity contribution in [3.8, 4) is 11.3 Å². The Hall–Kier alpha value is -3.06. The van der Waals surface area contributed by atoms with Crippen LogP contribution in [0.4, 0.5) is 10.3 Å². The molecule has 3 rings (SSSR count). The van der Waals surface area contributed by atoms with Gasteiger partial charge in [-0.3, -0.25) is 0 Å². The Morgan fingerprint density at radius 3 is 2.43 bits per heavy atom. The summed E-state index contributed by atoms with van der Waals surface area (Å²) in [4.78, 5) is 12.5. The topological polar surface area (TPSA) is 116 Å². The number of benzene rings is 2. The van der Waals surface area contributed by atoms with Gasteiger partial charge in [-0.25, -0.2) is 14.4 Å². The highest BCUT2D eigenvalue weighted by Gasteiger charge is 2.11. The molecular weight excluding hydrogens is 295 g/mol. The molecular formula is C16H15FN6. The second kappa shape index (κ2) is 5.98. The Bertz CT molecular complexity index is 885. The van der Waals surface area contributed by atoms with Crippen LogP contribution in [-0.4, -0.2) is 15.9 Å². The van der Waals surface area contributed by atoms with Gasteiger partial charge in [0.2, 0.25) is 0 Å². The SMILES string of the molecule is NCc1ccc(-c2nc(N=C(N)N)nc3ccc(F)cc23)cc1. The fourth-order valence-corrected chi connectivity index (χ4v) is 2.27. The highest BCUT2D eigenvalue weighted by molar-refractivity contribution is 5.93. The summed E-state index contributed by atoms with van der Waals surface area (Å²) in [5.74, 6) is -0.381. The average molecular weight is 310 g/mol. The number of rotatable bonds is 3. The van der Waals surface area contributed by atoms with Gasteiger partial charge in [-0.15, -0.1) is 0 Å². The number of aliphatic imine (C=N–C) groups is 1. The molecule has 3 aromatic rings. The molecule has 6 nitrogen and oxygen atoms in total. The molecule has 0 fully saturated rings. The van der Waals surface area contributed by atoms with E-state index in [4.69, 9.17) is 17.2 Å². The van der Waals surface area contributed by atoms with Crippen LogP contribution in [0.5, 0.6) is 0 Å². The molecule has 1 heterocycles. The summed E-state index contributed by atoms with van der Waals surface area (Å²) in [6.45, 7) is 0.443. The van der Waals surface area contributed by atoms with Gasteiger partial charge >= 0.3 is 0 Å². The number of hydrogen-bond acceptors (Lipinski definition) is 4. The van der Waals surface area contributed by atoms with Crippen molar-refractivity contribution in [2.24, 2.45) is 22.2 Å². The lowest BCUT2D eigenvalue weighted by molar-refractivity contribution is 0.629. The van der Waals surface area contributed by atoms with Crippen molar-refractivity contribution in [2.45, 2.75) is 6.54 Å². The lowest BCUT2D eigenvalue weighted by Crippen LogP contribution is -2.22. The van der Waals surface area contributed by atoms with Crippen LogP contribution in [0.3, 0.4) is 0 Å². The minimum Gasteiger partial charge on any atom is -0.370 e. The molecule has 0 aliphatic carbocycles. The molecule has 1 aromatic heterocycles. The Kier molecular flexibility index (Phi) is 3.86. The van der Waals surface area contributed by atoms with Gasteiger partial charge in [-0.05, 0) is 23.8 Å². The van der Waals surface area contributed by atoms with Crippen molar-refractivity contribution in [3.05, 3.63) is 53.8 Å². The van der Waals surface area contributed by atoms with Gasteiger partial charge in [0.05, 0.1) is 11.2 Å². The summed E-state index contributed by atoms with van der Waals surface area (Å²) in [6, 6.07) is 11.8. The van der Waals surface area contributed by atoms with Gasteiger partial charge in [0.25, 0.3) is 5.95 Å². The van der Waals surface area contributed by atoms with Crippen LogP contribution in [0.1, 0.15) is 5.56 Å². The zero-order valence-corrected chi connectivity index (χ0v) is 12.2. The van der Waals surface area contributed by atoms with Crippen molar-refractivity contribution >= 4 is 22.8 Å². The molecule has 0 saturated heterocycles. The summed E-state index contributed by atoms with van der Waals surface area (Å²) in [5.41, 5.74) is 19.3. The molecule has 6 N–H and O–H groups in total. The van der Waals surface area contributed by atoms with Crippen molar-refractivity contribution in [1.29, 1.82) is 0 Å². The van der Waals surface area contributed by atoms with E-state index in [0.29, 0.717) is 23.1 Å². The van der Waals surface area contributed by atoms with E-state index < -0.39 is 0 Å². The minimum absolute atomic E-state index is 0.127. The van der Waals surface area contributed by atoms with Crippen molar-refractivity contribution < 1.29 is 4.39 Å². The molecule has 23 heavy (non-hydrogen) atoms. The second-order valence-corrected chi connectivity index (χ2v) is 4.97. The van der Waals surface area contributed by atoms with Gasteiger partial charge in [0.15, 0.2) is 5.96 Å². The number of halogens is 1. The van der Waals surface area contributed by atoms with Crippen LogP contribution in [-0.2, 0) is 6.54 Å². The van der Waals surface area contributed by atoms with E-state index in [0.717, 1.165) is 11.1 Å². The molecule has 0 radical (unpaired) electrons. The number of hydrogen-bond donors (Lipinski definition) is 3. The molecule has 0 saturated carbocycles. The monoisotopic (exact) mass is 310 g/mol. The fourth-order valence-electron chi connectivity index (χ4n) is 2.27. The fraction of sp³-hybridized carbons (Fsp3) is 0.0625. The maximum absolute atomic E-state index is 13.6. The maximum atomic E-state index is 13.6. The van der Waals surface area contributed by atoms with Crippen molar-refractivity contribution in [1.82, 2.24) is 9.97 Å². The molecule has 0 unspecified atom stereocenters. The molecule has 0 atom stereocenters.